The minimum atomic E-state index is -1.08. The summed E-state index contributed by atoms with van der Waals surface area (Å²) >= 11 is 0. The molecule has 0 heterocycles. The minimum Gasteiger partial charge on any atom is -0.357 e. The number of carbonyl (C=O) groups is 3. The highest BCUT2D eigenvalue weighted by Gasteiger charge is 2.37. The maximum atomic E-state index is 14.1. The van der Waals surface area contributed by atoms with Gasteiger partial charge in [-0.2, -0.15) is 0 Å². The maximum absolute atomic E-state index is 14.1. The number of hydrogen-bond acceptors (Lipinski definition) is 5. The van der Waals surface area contributed by atoms with Gasteiger partial charge in [-0.05, 0) is 29.4 Å². The van der Waals surface area contributed by atoms with Crippen LogP contribution in [0.5, 0.6) is 0 Å². The highest BCUT2D eigenvalue weighted by atomic mass is 19.1. The quantitative estimate of drug-likeness (QED) is 0.339. The van der Waals surface area contributed by atoms with Gasteiger partial charge < -0.3 is 16.0 Å². The van der Waals surface area contributed by atoms with Crippen molar-refractivity contribution in [3.8, 4) is 0 Å². The minimum absolute atomic E-state index is 0.0426. The molecule has 9 nitrogen and oxygen atoms in total. The predicted octanol–water partition coefficient (Wildman–Crippen LogP) is 2.07. The van der Waals surface area contributed by atoms with Crippen molar-refractivity contribution in [3.05, 3.63) is 45.8 Å². The molecule has 0 aliphatic carbocycles. The number of halogens is 1. The molecule has 33 heavy (non-hydrogen) atoms. The molecule has 0 aliphatic heterocycles. The van der Waals surface area contributed by atoms with Crippen LogP contribution in [0.2, 0.25) is 0 Å². The Kier molecular flexibility index (Phi) is 10.4. The Labute approximate surface area is 194 Å². The van der Waals surface area contributed by atoms with Crippen LogP contribution in [-0.2, 0) is 20.8 Å². The first-order chi connectivity index (χ1) is 15.3. The van der Waals surface area contributed by atoms with E-state index >= 15 is 0 Å². The van der Waals surface area contributed by atoms with E-state index in [0.717, 1.165) is 0 Å². The lowest BCUT2D eigenvalue weighted by molar-refractivity contribution is -0.486. The molecule has 0 spiro atoms. The Morgan fingerprint density at radius 1 is 1.06 bits per heavy atom. The number of benzene rings is 1. The van der Waals surface area contributed by atoms with E-state index in [4.69, 9.17) is 0 Å². The molecule has 0 bridgehead atoms. The Bertz CT molecular complexity index is 853. The fourth-order valence-electron chi connectivity index (χ4n) is 3.47. The first-order valence-corrected chi connectivity index (χ1v) is 10.9. The van der Waals surface area contributed by atoms with Crippen LogP contribution in [-0.4, -0.2) is 48.3 Å². The van der Waals surface area contributed by atoms with E-state index in [0.29, 0.717) is 6.42 Å². The van der Waals surface area contributed by atoms with Gasteiger partial charge in [0.05, 0.1) is 0 Å². The van der Waals surface area contributed by atoms with Gasteiger partial charge in [0.25, 0.3) is 0 Å². The first kappa shape index (κ1) is 28.0. The van der Waals surface area contributed by atoms with E-state index in [2.05, 4.69) is 16.0 Å². The van der Waals surface area contributed by atoms with Crippen molar-refractivity contribution in [2.45, 2.75) is 59.5 Å². The molecule has 0 saturated carbocycles. The Morgan fingerprint density at radius 2 is 1.67 bits per heavy atom. The number of nitrogens with one attached hydrogen (secondary N) is 3. The Morgan fingerprint density at radius 3 is 2.15 bits per heavy atom. The fourth-order valence-corrected chi connectivity index (χ4v) is 3.47. The third-order valence-electron chi connectivity index (χ3n) is 5.17. The number of amides is 3. The summed E-state index contributed by atoms with van der Waals surface area (Å²) in [4.78, 5) is 48.9. The summed E-state index contributed by atoms with van der Waals surface area (Å²) in [6.45, 7) is 8.35. The highest BCUT2D eigenvalue weighted by molar-refractivity contribution is 5.93. The summed E-state index contributed by atoms with van der Waals surface area (Å²) in [7, 11) is 1.40. The van der Waals surface area contributed by atoms with Gasteiger partial charge in [-0.1, -0.05) is 52.8 Å². The van der Waals surface area contributed by atoms with Crippen molar-refractivity contribution in [1.29, 1.82) is 0 Å². The molecule has 0 unspecified atom stereocenters. The number of hydrogen-bond donors (Lipinski definition) is 3. The number of nitrogens with zero attached hydrogens (tertiary/aromatic N) is 1. The van der Waals surface area contributed by atoms with Crippen molar-refractivity contribution in [3.63, 3.8) is 0 Å². The molecule has 1 aromatic rings. The second kappa shape index (κ2) is 12.3. The number of nitro groups is 1. The Hall–Kier alpha value is -3.04. The molecule has 3 N–H and O–H groups in total. The first-order valence-electron chi connectivity index (χ1n) is 10.9. The van der Waals surface area contributed by atoms with E-state index in [9.17, 15) is 28.9 Å². The van der Waals surface area contributed by atoms with Crippen LogP contribution >= 0.6 is 0 Å². The van der Waals surface area contributed by atoms with E-state index in [-0.39, 0.29) is 17.9 Å². The average Bonchev–Trinajstić information content (AvgIpc) is 2.70. The van der Waals surface area contributed by atoms with E-state index < -0.39 is 58.4 Å². The molecular weight excluding hydrogens is 431 g/mol. The topological polar surface area (TPSA) is 130 Å². The van der Waals surface area contributed by atoms with Crippen LogP contribution in [0, 0.1) is 33.2 Å². The van der Waals surface area contributed by atoms with Gasteiger partial charge in [-0.25, -0.2) is 4.39 Å². The van der Waals surface area contributed by atoms with Gasteiger partial charge in [-0.15, -0.1) is 0 Å². The second-order valence-corrected chi connectivity index (χ2v) is 9.62. The zero-order valence-corrected chi connectivity index (χ0v) is 20.1. The van der Waals surface area contributed by atoms with Gasteiger partial charge in [0.1, 0.15) is 23.8 Å². The van der Waals surface area contributed by atoms with Crippen LogP contribution in [0.3, 0.4) is 0 Å². The maximum Gasteiger partial charge on any atom is 0.243 e. The molecule has 3 amide bonds. The van der Waals surface area contributed by atoms with Gasteiger partial charge in [0.2, 0.25) is 24.3 Å². The number of likely N-dealkylation sites (N-methyl/N-ethyl adjacent to an activating group) is 1. The molecule has 0 radical (unpaired) electrons. The van der Waals surface area contributed by atoms with Crippen molar-refractivity contribution in [2.75, 3.05) is 13.6 Å². The largest absolute Gasteiger partial charge is 0.357 e. The molecule has 1 rings (SSSR count). The molecule has 0 fully saturated rings. The monoisotopic (exact) mass is 466 g/mol. The third kappa shape index (κ3) is 9.15. The van der Waals surface area contributed by atoms with Gasteiger partial charge in [0, 0.05) is 18.4 Å². The standard InChI is InChI=1S/C23H35FN4O5/c1-14(2)11-16(13-28(32)33)20(29)27-19(23(3,4)5)22(31)26-18(21(30)25-6)12-15-9-7-8-10-17(15)24/h7-10,14,16,18-19H,11-13H2,1-6H3,(H,25,30)(H,26,31)(H,27,29)/t16-,18+,19-/m1/s1. The molecular formula is C23H35FN4O5. The summed E-state index contributed by atoms with van der Waals surface area (Å²) in [6.07, 6.45) is 0.208. The van der Waals surface area contributed by atoms with E-state index in [1.54, 1.807) is 26.8 Å². The van der Waals surface area contributed by atoms with E-state index in [1.165, 1.54) is 25.2 Å². The van der Waals surface area contributed by atoms with Crippen molar-refractivity contribution in [1.82, 2.24) is 16.0 Å². The van der Waals surface area contributed by atoms with Crippen LogP contribution in [0.15, 0.2) is 24.3 Å². The number of carbonyl (C=O) groups excluding carboxylic acids is 3. The summed E-state index contributed by atoms with van der Waals surface area (Å²) in [6, 6.07) is 3.79. The smallest absolute Gasteiger partial charge is 0.243 e. The summed E-state index contributed by atoms with van der Waals surface area (Å²) in [5.41, 5.74) is -0.507. The lowest BCUT2D eigenvalue weighted by Gasteiger charge is -2.32. The fraction of sp³-hybridized carbons (Fsp3) is 0.609. The molecule has 0 saturated heterocycles. The molecule has 10 heteroatoms. The van der Waals surface area contributed by atoms with Crippen molar-refractivity contribution < 1.29 is 23.7 Å². The van der Waals surface area contributed by atoms with Crippen LogP contribution in [0.25, 0.3) is 0 Å². The van der Waals surface area contributed by atoms with Gasteiger partial charge in [0.15, 0.2) is 0 Å². The van der Waals surface area contributed by atoms with Gasteiger partial charge in [-0.3, -0.25) is 24.5 Å². The Balaban J connectivity index is 3.10. The predicted molar refractivity (Wildman–Crippen MR) is 122 cm³/mol. The van der Waals surface area contributed by atoms with Crippen molar-refractivity contribution >= 4 is 17.7 Å². The highest BCUT2D eigenvalue weighted by Crippen LogP contribution is 2.22. The lowest BCUT2D eigenvalue weighted by atomic mass is 9.85. The SMILES string of the molecule is CNC(=O)[C@H](Cc1ccccc1F)NC(=O)[C@@H](NC(=O)[C@H](CC(C)C)C[N+](=O)[O-])C(C)(C)C. The second-order valence-electron chi connectivity index (χ2n) is 9.62. The van der Waals surface area contributed by atoms with E-state index in [1.807, 2.05) is 13.8 Å². The molecule has 0 aliphatic rings. The van der Waals surface area contributed by atoms with Crippen LogP contribution in [0.4, 0.5) is 4.39 Å². The molecule has 1 aromatic carbocycles. The summed E-state index contributed by atoms with van der Waals surface area (Å²) < 4.78 is 14.1. The lowest BCUT2D eigenvalue weighted by Crippen LogP contribution is -2.59. The summed E-state index contributed by atoms with van der Waals surface area (Å²) in [5, 5.41) is 18.7. The molecule has 3 atom stereocenters. The van der Waals surface area contributed by atoms with Crippen LogP contribution in [0.1, 0.15) is 46.6 Å². The zero-order chi connectivity index (χ0) is 25.3. The average molecular weight is 467 g/mol. The van der Waals surface area contributed by atoms with Crippen LogP contribution < -0.4 is 16.0 Å². The number of rotatable bonds is 11. The normalized spacial score (nSPS) is 14.2. The third-order valence-corrected chi connectivity index (χ3v) is 5.17. The van der Waals surface area contributed by atoms with Gasteiger partial charge >= 0.3 is 0 Å². The van der Waals surface area contributed by atoms with Crippen molar-refractivity contribution in [2.24, 2.45) is 17.3 Å². The molecule has 184 valence electrons. The molecule has 0 aromatic heterocycles. The summed E-state index contributed by atoms with van der Waals surface area (Å²) in [5.74, 6) is -3.10. The zero-order valence-electron chi connectivity index (χ0n) is 20.1.